The van der Waals surface area contributed by atoms with Crippen LogP contribution in [0.2, 0.25) is 5.02 Å². The molecule has 1 amide bonds. The summed E-state index contributed by atoms with van der Waals surface area (Å²) in [4.78, 5) is 16.8. The molecule has 0 aliphatic heterocycles. The second-order valence-electron chi connectivity index (χ2n) is 6.55. The lowest BCUT2D eigenvalue weighted by Crippen LogP contribution is -2.30. The van der Waals surface area contributed by atoms with Gasteiger partial charge in [0.15, 0.2) is 5.82 Å². The fourth-order valence-corrected chi connectivity index (χ4v) is 2.91. The van der Waals surface area contributed by atoms with Crippen LogP contribution in [-0.2, 0) is 4.79 Å². The van der Waals surface area contributed by atoms with Crippen LogP contribution in [0.4, 0.5) is 0 Å². The molecule has 1 aromatic heterocycles. The number of amides is 1. The zero-order valence-electron chi connectivity index (χ0n) is 15.9. The molecule has 1 unspecified atom stereocenters. The summed E-state index contributed by atoms with van der Waals surface area (Å²) in [6, 6.07) is 14.8. The summed E-state index contributed by atoms with van der Waals surface area (Å²) in [5, 5.41) is 10.8. The topological polar surface area (TPSA) is 79.9 Å². The first-order valence-corrected chi connectivity index (χ1v) is 9.53. The molecule has 2 N–H and O–H groups in total. The average Bonchev–Trinajstić information content (AvgIpc) is 3.13. The van der Waals surface area contributed by atoms with Gasteiger partial charge in [0.25, 0.3) is 0 Å². The molecule has 3 aromatic rings. The van der Waals surface area contributed by atoms with Gasteiger partial charge in [-0.3, -0.25) is 9.89 Å². The van der Waals surface area contributed by atoms with Gasteiger partial charge in [-0.15, -0.1) is 0 Å². The van der Waals surface area contributed by atoms with Crippen molar-refractivity contribution in [2.75, 3.05) is 6.61 Å². The summed E-state index contributed by atoms with van der Waals surface area (Å²) in [7, 11) is 0. The van der Waals surface area contributed by atoms with Crippen molar-refractivity contribution in [2.45, 2.75) is 32.7 Å². The number of halogens is 1. The van der Waals surface area contributed by atoms with E-state index in [0.717, 1.165) is 16.9 Å². The Morgan fingerprint density at radius 1 is 1.21 bits per heavy atom. The first kappa shape index (κ1) is 19.9. The number of carbonyl (C=O) groups excluding carboxylic acids is 1. The third kappa shape index (κ3) is 5.33. The average molecular weight is 399 g/mol. The van der Waals surface area contributed by atoms with Gasteiger partial charge in [0.2, 0.25) is 5.91 Å². The zero-order valence-corrected chi connectivity index (χ0v) is 16.7. The van der Waals surface area contributed by atoms with E-state index in [1.165, 1.54) is 0 Å². The lowest BCUT2D eigenvalue weighted by atomic mass is 10.1. The van der Waals surface area contributed by atoms with Gasteiger partial charge in [0, 0.05) is 11.4 Å². The maximum atomic E-state index is 12.5. The molecule has 0 spiro atoms. The SMILES string of the molecule is Cc1nc(C(NC(=O)CCCOc2ccc(Cl)c(C)c2)c2ccccc2)n[nH]1. The molecule has 0 radical (unpaired) electrons. The lowest BCUT2D eigenvalue weighted by Gasteiger charge is -2.16. The van der Waals surface area contributed by atoms with Gasteiger partial charge in [-0.2, -0.15) is 5.10 Å². The monoisotopic (exact) mass is 398 g/mol. The van der Waals surface area contributed by atoms with Gasteiger partial charge >= 0.3 is 0 Å². The Morgan fingerprint density at radius 2 is 2.00 bits per heavy atom. The first-order valence-electron chi connectivity index (χ1n) is 9.15. The summed E-state index contributed by atoms with van der Waals surface area (Å²) < 4.78 is 5.70. The maximum Gasteiger partial charge on any atom is 0.220 e. The number of nitrogens with zero attached hydrogens (tertiary/aromatic N) is 2. The van der Waals surface area contributed by atoms with E-state index in [2.05, 4.69) is 20.5 Å². The van der Waals surface area contributed by atoms with Crippen LogP contribution in [0.1, 0.15) is 41.7 Å². The number of hydrogen-bond acceptors (Lipinski definition) is 4. The summed E-state index contributed by atoms with van der Waals surface area (Å²) in [6.07, 6.45) is 0.946. The molecular formula is C21H23ClN4O2. The maximum absolute atomic E-state index is 12.5. The highest BCUT2D eigenvalue weighted by molar-refractivity contribution is 6.31. The molecule has 7 heteroatoms. The molecule has 1 atom stereocenters. The number of carbonyl (C=O) groups is 1. The van der Waals surface area contributed by atoms with E-state index >= 15 is 0 Å². The number of rotatable bonds is 8. The number of aryl methyl sites for hydroxylation is 2. The number of hydrogen-bond donors (Lipinski definition) is 2. The van der Waals surface area contributed by atoms with Crippen LogP contribution in [0.25, 0.3) is 0 Å². The van der Waals surface area contributed by atoms with Gasteiger partial charge in [-0.05, 0) is 49.6 Å². The Labute approximate surface area is 169 Å². The summed E-state index contributed by atoms with van der Waals surface area (Å²) in [6.45, 7) is 4.21. The quantitative estimate of drug-likeness (QED) is 0.559. The fourth-order valence-electron chi connectivity index (χ4n) is 2.79. The molecule has 0 aliphatic rings. The molecule has 0 bridgehead atoms. The zero-order chi connectivity index (χ0) is 19.9. The minimum Gasteiger partial charge on any atom is -0.494 e. The molecular weight excluding hydrogens is 376 g/mol. The van der Waals surface area contributed by atoms with Crippen LogP contribution >= 0.6 is 11.6 Å². The molecule has 2 aromatic carbocycles. The molecule has 1 heterocycles. The predicted molar refractivity (Wildman–Crippen MR) is 108 cm³/mol. The van der Waals surface area contributed by atoms with E-state index < -0.39 is 6.04 Å². The van der Waals surface area contributed by atoms with Crippen LogP contribution in [0.15, 0.2) is 48.5 Å². The van der Waals surface area contributed by atoms with Crippen molar-refractivity contribution in [2.24, 2.45) is 0 Å². The normalized spacial score (nSPS) is 11.8. The van der Waals surface area contributed by atoms with Crippen molar-refractivity contribution in [3.63, 3.8) is 0 Å². The first-order chi connectivity index (χ1) is 13.5. The smallest absolute Gasteiger partial charge is 0.220 e. The largest absolute Gasteiger partial charge is 0.494 e. The number of benzene rings is 2. The molecule has 6 nitrogen and oxygen atoms in total. The van der Waals surface area contributed by atoms with Gasteiger partial charge in [0.1, 0.15) is 17.6 Å². The Morgan fingerprint density at radius 3 is 2.68 bits per heavy atom. The molecule has 3 rings (SSSR count). The Kier molecular flexibility index (Phi) is 6.66. The van der Waals surface area contributed by atoms with Crippen LogP contribution in [0, 0.1) is 13.8 Å². The summed E-state index contributed by atoms with van der Waals surface area (Å²) in [5.41, 5.74) is 1.90. The molecule has 28 heavy (non-hydrogen) atoms. The Balaban J connectivity index is 1.54. The van der Waals surface area contributed by atoms with E-state index in [9.17, 15) is 4.79 Å². The number of H-pyrrole nitrogens is 1. The summed E-state index contributed by atoms with van der Waals surface area (Å²) >= 11 is 6.01. The van der Waals surface area contributed by atoms with Gasteiger partial charge in [-0.25, -0.2) is 4.98 Å². The van der Waals surface area contributed by atoms with Crippen molar-refractivity contribution in [3.05, 3.63) is 76.3 Å². The fraction of sp³-hybridized carbons (Fsp3) is 0.286. The van der Waals surface area contributed by atoms with E-state index in [4.69, 9.17) is 16.3 Å². The van der Waals surface area contributed by atoms with Crippen molar-refractivity contribution < 1.29 is 9.53 Å². The lowest BCUT2D eigenvalue weighted by molar-refractivity contribution is -0.121. The van der Waals surface area contributed by atoms with Crippen LogP contribution in [0.5, 0.6) is 5.75 Å². The number of nitrogens with one attached hydrogen (secondary N) is 2. The van der Waals surface area contributed by atoms with Crippen LogP contribution in [-0.4, -0.2) is 27.7 Å². The van der Waals surface area contributed by atoms with Gasteiger partial charge < -0.3 is 10.1 Å². The van der Waals surface area contributed by atoms with E-state index in [1.54, 1.807) is 0 Å². The molecule has 0 saturated heterocycles. The van der Waals surface area contributed by atoms with E-state index in [0.29, 0.717) is 36.1 Å². The second-order valence-corrected chi connectivity index (χ2v) is 6.96. The van der Waals surface area contributed by atoms with Crippen LogP contribution in [0.3, 0.4) is 0 Å². The van der Waals surface area contributed by atoms with E-state index in [-0.39, 0.29) is 5.91 Å². The van der Waals surface area contributed by atoms with Crippen molar-refractivity contribution in [1.82, 2.24) is 20.5 Å². The highest BCUT2D eigenvalue weighted by Crippen LogP contribution is 2.21. The van der Waals surface area contributed by atoms with Crippen molar-refractivity contribution in [3.8, 4) is 5.75 Å². The number of aromatic nitrogens is 3. The molecule has 0 aliphatic carbocycles. The van der Waals surface area contributed by atoms with Crippen LogP contribution < -0.4 is 10.1 Å². The van der Waals surface area contributed by atoms with Crippen molar-refractivity contribution in [1.29, 1.82) is 0 Å². The highest BCUT2D eigenvalue weighted by atomic mass is 35.5. The standard InChI is InChI=1S/C21H23ClN4O2/c1-14-13-17(10-11-18(14)22)28-12-6-9-19(27)24-20(16-7-4-3-5-8-16)21-23-15(2)25-26-21/h3-5,7-8,10-11,13,20H,6,9,12H2,1-2H3,(H,24,27)(H,23,25,26). The minimum atomic E-state index is -0.390. The Hall–Kier alpha value is -2.86. The minimum absolute atomic E-state index is 0.0767. The molecule has 0 saturated carbocycles. The summed E-state index contributed by atoms with van der Waals surface area (Å²) in [5.74, 6) is 1.93. The van der Waals surface area contributed by atoms with Crippen molar-refractivity contribution >= 4 is 17.5 Å². The Bertz CT molecular complexity index is 927. The predicted octanol–water partition coefficient (Wildman–Crippen LogP) is 4.14. The molecule has 146 valence electrons. The second kappa shape index (κ2) is 9.37. The van der Waals surface area contributed by atoms with Gasteiger partial charge in [-0.1, -0.05) is 41.9 Å². The van der Waals surface area contributed by atoms with Gasteiger partial charge in [0.05, 0.1) is 6.61 Å². The molecule has 0 fully saturated rings. The highest BCUT2D eigenvalue weighted by Gasteiger charge is 2.20. The number of aromatic amines is 1. The third-order valence-electron chi connectivity index (χ3n) is 4.26. The third-order valence-corrected chi connectivity index (χ3v) is 4.68. The van der Waals surface area contributed by atoms with E-state index in [1.807, 2.05) is 62.4 Å². The number of ether oxygens (including phenoxy) is 1.